The Kier molecular flexibility index (Phi) is 3.30. The topological polar surface area (TPSA) is 40.6 Å². The van der Waals surface area contributed by atoms with Crippen molar-refractivity contribution in [2.75, 3.05) is 25.3 Å². The van der Waals surface area contributed by atoms with Crippen LogP contribution in [0.2, 0.25) is 0 Å². The van der Waals surface area contributed by atoms with Crippen LogP contribution in [0.3, 0.4) is 0 Å². The van der Waals surface area contributed by atoms with Crippen molar-refractivity contribution in [1.29, 1.82) is 0 Å². The molecule has 0 aromatic rings. The van der Waals surface area contributed by atoms with Gasteiger partial charge >= 0.3 is 6.03 Å². The van der Waals surface area contributed by atoms with E-state index in [9.17, 15) is 9.00 Å². The van der Waals surface area contributed by atoms with E-state index in [1.54, 1.807) is 11.9 Å². The molecule has 2 amide bonds. The summed E-state index contributed by atoms with van der Waals surface area (Å²) in [6.07, 6.45) is 0. The summed E-state index contributed by atoms with van der Waals surface area (Å²) in [5.74, 6) is 1.18. The second-order valence-electron chi connectivity index (χ2n) is 3.79. The molecule has 0 radical (unpaired) electrons. The molecule has 76 valence electrons. The van der Waals surface area contributed by atoms with Gasteiger partial charge in [0.1, 0.15) is 5.88 Å². The molecule has 13 heavy (non-hydrogen) atoms. The molecule has 1 unspecified atom stereocenters. The van der Waals surface area contributed by atoms with Gasteiger partial charge in [0.15, 0.2) is 0 Å². The van der Waals surface area contributed by atoms with Crippen molar-refractivity contribution in [2.45, 2.75) is 13.8 Å². The second-order valence-corrected chi connectivity index (χ2v) is 5.19. The molecule has 1 fully saturated rings. The highest BCUT2D eigenvalue weighted by Crippen LogP contribution is 2.09. The minimum absolute atomic E-state index is 0.00620. The molecular formula is C8H16N2O2S. The van der Waals surface area contributed by atoms with E-state index < -0.39 is 10.8 Å². The summed E-state index contributed by atoms with van der Waals surface area (Å²) in [4.78, 5) is 14.7. The molecule has 1 aliphatic heterocycles. The highest BCUT2D eigenvalue weighted by atomic mass is 32.2. The molecule has 1 saturated heterocycles. The third-order valence-electron chi connectivity index (χ3n) is 1.82. The maximum atomic E-state index is 11.5. The zero-order chi connectivity index (χ0) is 10.0. The summed E-state index contributed by atoms with van der Waals surface area (Å²) >= 11 is 0. The van der Waals surface area contributed by atoms with Gasteiger partial charge in [0.2, 0.25) is 0 Å². The average Bonchev–Trinajstić information content (AvgIpc) is 1.98. The maximum Gasteiger partial charge on any atom is 0.321 e. The molecule has 5 heteroatoms. The van der Waals surface area contributed by atoms with Gasteiger partial charge in [0.25, 0.3) is 0 Å². The summed E-state index contributed by atoms with van der Waals surface area (Å²) in [6.45, 7) is 4.78. The van der Waals surface area contributed by atoms with Crippen molar-refractivity contribution >= 4 is 16.8 Å². The van der Waals surface area contributed by atoms with Crippen LogP contribution in [0.1, 0.15) is 13.8 Å². The number of nitrogens with zero attached hydrogens (tertiary/aromatic N) is 2. The van der Waals surface area contributed by atoms with Crippen LogP contribution in [0.25, 0.3) is 0 Å². The van der Waals surface area contributed by atoms with Crippen molar-refractivity contribution in [3.8, 4) is 0 Å². The Hall–Kier alpha value is -0.580. The van der Waals surface area contributed by atoms with E-state index in [0.717, 1.165) is 0 Å². The fraction of sp³-hybridized carbons (Fsp3) is 0.875. The largest absolute Gasteiger partial charge is 0.321 e. The Balaban J connectivity index is 2.61. The lowest BCUT2D eigenvalue weighted by Gasteiger charge is -2.33. The lowest BCUT2D eigenvalue weighted by molar-refractivity contribution is 0.166. The zero-order valence-corrected chi connectivity index (χ0v) is 9.13. The lowest BCUT2D eigenvalue weighted by atomic mass is 10.2. The number of rotatable bonds is 2. The third-order valence-corrected chi connectivity index (χ3v) is 3.10. The van der Waals surface area contributed by atoms with Gasteiger partial charge in [-0.15, -0.1) is 0 Å². The molecular weight excluding hydrogens is 188 g/mol. The summed E-state index contributed by atoms with van der Waals surface area (Å²) in [5, 5.41) is 0. The normalized spacial score (nSPS) is 24.3. The van der Waals surface area contributed by atoms with E-state index in [1.807, 2.05) is 13.8 Å². The van der Waals surface area contributed by atoms with Crippen LogP contribution in [0, 0.1) is 5.92 Å². The van der Waals surface area contributed by atoms with Gasteiger partial charge < -0.3 is 9.80 Å². The Morgan fingerprint density at radius 2 is 2.08 bits per heavy atom. The average molecular weight is 204 g/mol. The minimum Gasteiger partial charge on any atom is -0.316 e. The van der Waals surface area contributed by atoms with Crippen LogP contribution in [0.15, 0.2) is 0 Å². The number of amides is 2. The number of carbonyl (C=O) groups is 1. The van der Waals surface area contributed by atoms with Crippen molar-refractivity contribution in [2.24, 2.45) is 5.92 Å². The highest BCUT2D eigenvalue weighted by Gasteiger charge is 2.26. The molecule has 4 nitrogen and oxygen atoms in total. The smallest absolute Gasteiger partial charge is 0.316 e. The van der Waals surface area contributed by atoms with E-state index in [1.165, 1.54) is 4.90 Å². The molecule has 0 aliphatic carbocycles. The molecule has 0 saturated carbocycles. The Morgan fingerprint density at radius 3 is 2.62 bits per heavy atom. The first kappa shape index (κ1) is 10.5. The van der Waals surface area contributed by atoms with Gasteiger partial charge in [-0.2, -0.15) is 0 Å². The second kappa shape index (κ2) is 4.09. The van der Waals surface area contributed by atoms with Gasteiger partial charge in [-0.1, -0.05) is 13.8 Å². The first-order valence-electron chi connectivity index (χ1n) is 4.35. The fourth-order valence-electron chi connectivity index (χ4n) is 1.35. The quantitative estimate of drug-likeness (QED) is 0.663. The van der Waals surface area contributed by atoms with Crippen LogP contribution < -0.4 is 0 Å². The zero-order valence-electron chi connectivity index (χ0n) is 8.32. The van der Waals surface area contributed by atoms with Crippen molar-refractivity contribution in [3.63, 3.8) is 0 Å². The molecule has 1 rings (SSSR count). The minimum atomic E-state index is -0.906. The summed E-state index contributed by atoms with van der Waals surface area (Å²) in [6, 6.07) is -0.00620. The van der Waals surface area contributed by atoms with E-state index in [-0.39, 0.29) is 6.03 Å². The van der Waals surface area contributed by atoms with E-state index >= 15 is 0 Å². The van der Waals surface area contributed by atoms with Gasteiger partial charge in [-0.3, -0.25) is 4.21 Å². The Morgan fingerprint density at radius 1 is 1.46 bits per heavy atom. The standard InChI is InChI=1S/C8H16N2O2S/c1-7(2)4-10-6-13(12)5-9(3)8(10)11/h7H,4-6H2,1-3H3. The van der Waals surface area contributed by atoms with Gasteiger partial charge in [-0.05, 0) is 5.92 Å². The molecule has 0 bridgehead atoms. The van der Waals surface area contributed by atoms with Crippen LogP contribution >= 0.6 is 0 Å². The molecule has 0 N–H and O–H groups in total. The maximum absolute atomic E-state index is 11.5. The van der Waals surface area contributed by atoms with E-state index in [0.29, 0.717) is 24.2 Å². The summed E-state index contributed by atoms with van der Waals surface area (Å²) in [5.41, 5.74) is 0. The highest BCUT2D eigenvalue weighted by molar-refractivity contribution is 7.84. The molecule has 0 aromatic carbocycles. The van der Waals surface area contributed by atoms with Crippen LogP contribution in [-0.2, 0) is 10.8 Å². The van der Waals surface area contributed by atoms with Crippen molar-refractivity contribution < 1.29 is 9.00 Å². The van der Waals surface area contributed by atoms with Gasteiger partial charge in [0.05, 0.1) is 16.7 Å². The molecule has 1 heterocycles. The van der Waals surface area contributed by atoms with Gasteiger partial charge in [-0.25, -0.2) is 4.79 Å². The lowest BCUT2D eigenvalue weighted by Crippen LogP contribution is -2.50. The van der Waals surface area contributed by atoms with Gasteiger partial charge in [0, 0.05) is 13.6 Å². The first-order valence-corrected chi connectivity index (χ1v) is 5.84. The fourth-order valence-corrected chi connectivity index (χ4v) is 2.54. The van der Waals surface area contributed by atoms with Crippen molar-refractivity contribution in [1.82, 2.24) is 9.80 Å². The number of hydrogen-bond acceptors (Lipinski definition) is 2. The number of urea groups is 1. The molecule has 0 aromatic heterocycles. The number of hydrogen-bond donors (Lipinski definition) is 0. The summed E-state index contributed by atoms with van der Waals surface area (Å²) < 4.78 is 11.3. The Bertz CT molecular complexity index is 230. The SMILES string of the molecule is CC(C)CN1CS(=O)CN(C)C1=O. The van der Waals surface area contributed by atoms with E-state index in [2.05, 4.69) is 0 Å². The third kappa shape index (κ3) is 2.69. The van der Waals surface area contributed by atoms with Crippen molar-refractivity contribution in [3.05, 3.63) is 0 Å². The summed E-state index contributed by atoms with van der Waals surface area (Å²) in [7, 11) is 0.781. The Labute approximate surface area is 81.3 Å². The predicted molar refractivity (Wildman–Crippen MR) is 52.6 cm³/mol. The van der Waals surface area contributed by atoms with E-state index in [4.69, 9.17) is 0 Å². The molecule has 0 spiro atoms. The molecule has 1 atom stereocenters. The van der Waals surface area contributed by atoms with Crippen LogP contribution in [-0.4, -0.2) is 45.4 Å². The molecule has 1 aliphatic rings. The predicted octanol–water partition coefficient (Wildman–Crippen LogP) is 0.674. The van der Waals surface area contributed by atoms with Crippen LogP contribution in [0.4, 0.5) is 4.79 Å². The first-order chi connectivity index (χ1) is 6.00. The monoisotopic (exact) mass is 204 g/mol. The van der Waals surface area contributed by atoms with Crippen LogP contribution in [0.5, 0.6) is 0 Å². The number of carbonyl (C=O) groups excluding carboxylic acids is 1.